The van der Waals surface area contributed by atoms with Gasteiger partial charge in [-0.25, -0.2) is 4.39 Å². The lowest BCUT2D eigenvalue weighted by Gasteiger charge is -2.12. The van der Waals surface area contributed by atoms with Gasteiger partial charge in [-0.15, -0.1) is 0 Å². The van der Waals surface area contributed by atoms with Crippen LogP contribution in [0.2, 0.25) is 0 Å². The maximum Gasteiger partial charge on any atom is 0.417 e. The zero-order chi connectivity index (χ0) is 17.6. The van der Waals surface area contributed by atoms with E-state index in [1.807, 2.05) is 0 Å². The van der Waals surface area contributed by atoms with E-state index in [9.17, 15) is 22.4 Å². The van der Waals surface area contributed by atoms with E-state index in [1.54, 1.807) is 12.1 Å². The highest BCUT2D eigenvalue weighted by Gasteiger charge is 2.35. The molecule has 0 spiro atoms. The van der Waals surface area contributed by atoms with E-state index < -0.39 is 23.5 Å². The molecule has 0 heterocycles. The summed E-state index contributed by atoms with van der Waals surface area (Å²) in [6.45, 7) is 0.110. The number of allylic oxidation sites excluding steroid dienone is 1. The van der Waals surface area contributed by atoms with E-state index in [-0.39, 0.29) is 12.1 Å². The predicted molar refractivity (Wildman–Crippen MR) is 83.6 cm³/mol. The van der Waals surface area contributed by atoms with Crippen molar-refractivity contribution >= 4 is 11.5 Å². The minimum Gasteiger partial charge on any atom is -0.352 e. The van der Waals surface area contributed by atoms with E-state index in [1.165, 1.54) is 42.5 Å². The molecule has 2 aromatic carbocycles. The first-order valence-electron chi connectivity index (χ1n) is 7.23. The number of halogens is 4. The molecule has 24 heavy (non-hydrogen) atoms. The topological polar surface area (TPSA) is 29.1 Å². The van der Waals surface area contributed by atoms with Crippen molar-refractivity contribution < 1.29 is 22.4 Å². The van der Waals surface area contributed by atoms with Crippen molar-refractivity contribution in [1.29, 1.82) is 0 Å². The summed E-state index contributed by atoms with van der Waals surface area (Å²) in [5, 5.41) is 2.39. The molecular weight excluding hydrogens is 322 g/mol. The van der Waals surface area contributed by atoms with E-state index in [2.05, 4.69) is 5.32 Å². The lowest BCUT2D eigenvalue weighted by Crippen LogP contribution is -2.25. The monoisotopic (exact) mass is 337 g/mol. The normalized spacial score (nSPS) is 12.1. The largest absolute Gasteiger partial charge is 0.417 e. The third-order valence-electron chi connectivity index (χ3n) is 3.27. The molecule has 1 amide bonds. The van der Waals surface area contributed by atoms with Gasteiger partial charge in [0.15, 0.2) is 0 Å². The van der Waals surface area contributed by atoms with Crippen LogP contribution in [0.3, 0.4) is 0 Å². The third-order valence-corrected chi connectivity index (χ3v) is 3.27. The Bertz CT molecular complexity index is 723. The maximum atomic E-state index is 13.1. The summed E-state index contributed by atoms with van der Waals surface area (Å²) in [7, 11) is 0. The number of rotatable bonds is 5. The highest BCUT2D eigenvalue weighted by molar-refractivity contribution is 5.96. The Balaban J connectivity index is 2.03. The van der Waals surface area contributed by atoms with Gasteiger partial charge in [0, 0.05) is 12.6 Å². The summed E-state index contributed by atoms with van der Waals surface area (Å²) < 4.78 is 52.3. The van der Waals surface area contributed by atoms with Crippen molar-refractivity contribution in [3.8, 4) is 0 Å². The molecule has 0 aliphatic carbocycles. The molecule has 0 saturated carbocycles. The Hall–Kier alpha value is -2.63. The Morgan fingerprint density at radius 2 is 1.75 bits per heavy atom. The minimum atomic E-state index is -4.64. The molecule has 0 saturated heterocycles. The number of alkyl halides is 3. The Labute approximate surface area is 136 Å². The van der Waals surface area contributed by atoms with Gasteiger partial charge in [0.1, 0.15) is 5.82 Å². The first kappa shape index (κ1) is 17.7. The Kier molecular flexibility index (Phi) is 5.73. The zero-order valence-corrected chi connectivity index (χ0v) is 12.6. The van der Waals surface area contributed by atoms with Gasteiger partial charge >= 0.3 is 6.18 Å². The van der Waals surface area contributed by atoms with Crippen LogP contribution < -0.4 is 5.32 Å². The van der Waals surface area contributed by atoms with E-state index in [4.69, 9.17) is 0 Å². The summed E-state index contributed by atoms with van der Waals surface area (Å²) in [4.78, 5) is 11.8. The minimum absolute atomic E-state index is 0.0784. The number of hydrogen-bond acceptors (Lipinski definition) is 1. The average Bonchev–Trinajstić information content (AvgIpc) is 2.52. The quantitative estimate of drug-likeness (QED) is 0.645. The second-order valence-electron chi connectivity index (χ2n) is 5.09. The lowest BCUT2D eigenvalue weighted by atomic mass is 10.1. The second-order valence-corrected chi connectivity index (χ2v) is 5.09. The van der Waals surface area contributed by atoms with Crippen LogP contribution in [0, 0.1) is 5.82 Å². The predicted octanol–water partition coefficient (Wildman–Crippen LogP) is 4.13. The molecule has 2 rings (SSSR count). The van der Waals surface area contributed by atoms with Gasteiger partial charge in [0.05, 0.1) is 5.57 Å². The standard InChI is InChI=1S/C18H15F4NO/c19-15-8-4-5-13(11-15)9-10-23-17(24)12-16(18(20,21)22)14-6-2-1-3-7-14/h1-8,11-12H,9-10H2,(H,23,24). The van der Waals surface area contributed by atoms with Crippen molar-refractivity contribution in [1.82, 2.24) is 5.32 Å². The van der Waals surface area contributed by atoms with Crippen LogP contribution in [0.4, 0.5) is 17.6 Å². The first-order chi connectivity index (χ1) is 11.4. The fourth-order valence-electron chi connectivity index (χ4n) is 2.15. The molecule has 2 aromatic rings. The van der Waals surface area contributed by atoms with Crippen LogP contribution >= 0.6 is 0 Å². The molecule has 6 heteroatoms. The average molecular weight is 337 g/mol. The third kappa shape index (κ3) is 5.22. The molecule has 0 aliphatic heterocycles. The Morgan fingerprint density at radius 1 is 1.04 bits per heavy atom. The van der Waals surface area contributed by atoms with Crippen LogP contribution in [-0.2, 0) is 11.2 Å². The molecule has 0 radical (unpaired) electrons. The molecule has 126 valence electrons. The summed E-state index contributed by atoms with van der Waals surface area (Å²) >= 11 is 0. The lowest BCUT2D eigenvalue weighted by molar-refractivity contribution is -0.116. The molecule has 0 fully saturated rings. The highest BCUT2D eigenvalue weighted by Crippen LogP contribution is 2.33. The molecule has 1 N–H and O–H groups in total. The van der Waals surface area contributed by atoms with Gasteiger partial charge in [-0.05, 0) is 29.7 Å². The maximum absolute atomic E-state index is 13.1. The fraction of sp³-hybridized carbons (Fsp3) is 0.167. The molecule has 2 nitrogen and oxygen atoms in total. The molecule has 0 atom stereocenters. The summed E-state index contributed by atoms with van der Waals surface area (Å²) in [5.41, 5.74) is -0.435. The van der Waals surface area contributed by atoms with E-state index in [0.29, 0.717) is 18.1 Å². The Morgan fingerprint density at radius 3 is 2.38 bits per heavy atom. The molecular formula is C18H15F4NO. The number of carbonyl (C=O) groups excluding carboxylic acids is 1. The number of amides is 1. The van der Waals surface area contributed by atoms with Crippen molar-refractivity contribution in [3.05, 3.63) is 77.6 Å². The molecule has 0 unspecified atom stereocenters. The number of nitrogens with one attached hydrogen (secondary N) is 1. The first-order valence-corrected chi connectivity index (χ1v) is 7.23. The van der Waals surface area contributed by atoms with Crippen molar-refractivity contribution in [2.75, 3.05) is 6.54 Å². The van der Waals surface area contributed by atoms with Crippen LogP contribution in [0.15, 0.2) is 60.7 Å². The zero-order valence-electron chi connectivity index (χ0n) is 12.6. The SMILES string of the molecule is O=C(C=C(c1ccccc1)C(F)(F)F)NCCc1cccc(F)c1. The van der Waals surface area contributed by atoms with Crippen LogP contribution in [0.25, 0.3) is 5.57 Å². The van der Waals surface area contributed by atoms with Gasteiger partial charge in [0.25, 0.3) is 0 Å². The van der Waals surface area contributed by atoms with Crippen molar-refractivity contribution in [2.45, 2.75) is 12.6 Å². The van der Waals surface area contributed by atoms with Gasteiger partial charge in [-0.3, -0.25) is 4.79 Å². The smallest absolute Gasteiger partial charge is 0.352 e. The van der Waals surface area contributed by atoms with Crippen molar-refractivity contribution in [3.63, 3.8) is 0 Å². The van der Waals surface area contributed by atoms with Gasteiger partial charge in [0.2, 0.25) is 5.91 Å². The number of carbonyl (C=O) groups is 1. The van der Waals surface area contributed by atoms with Gasteiger partial charge in [-0.1, -0.05) is 42.5 Å². The summed E-state index contributed by atoms with van der Waals surface area (Å²) in [6.07, 6.45) is -3.77. The van der Waals surface area contributed by atoms with Gasteiger partial charge in [-0.2, -0.15) is 13.2 Å². The van der Waals surface area contributed by atoms with Gasteiger partial charge < -0.3 is 5.32 Å². The number of hydrogen-bond donors (Lipinski definition) is 1. The highest BCUT2D eigenvalue weighted by atomic mass is 19.4. The summed E-state index contributed by atoms with van der Waals surface area (Å²) in [5.74, 6) is -1.25. The molecule has 0 bridgehead atoms. The van der Waals surface area contributed by atoms with E-state index >= 15 is 0 Å². The van der Waals surface area contributed by atoms with Crippen LogP contribution in [-0.4, -0.2) is 18.6 Å². The molecule has 0 aliphatic rings. The van der Waals surface area contributed by atoms with Crippen molar-refractivity contribution in [2.24, 2.45) is 0 Å². The van der Waals surface area contributed by atoms with Crippen LogP contribution in [0.5, 0.6) is 0 Å². The second kappa shape index (κ2) is 7.77. The number of benzene rings is 2. The van der Waals surface area contributed by atoms with Crippen LogP contribution in [0.1, 0.15) is 11.1 Å². The molecule has 0 aromatic heterocycles. The fourth-order valence-corrected chi connectivity index (χ4v) is 2.15. The summed E-state index contributed by atoms with van der Waals surface area (Å²) in [6, 6.07) is 12.9. The van der Waals surface area contributed by atoms with E-state index in [0.717, 1.165) is 0 Å².